The first-order valence-electron chi connectivity index (χ1n) is 11.7. The van der Waals surface area contributed by atoms with Crippen LogP contribution in [0.5, 0.6) is 0 Å². The summed E-state index contributed by atoms with van der Waals surface area (Å²) < 4.78 is 0. The number of anilines is 1. The lowest BCUT2D eigenvalue weighted by molar-refractivity contribution is -0.139. The summed E-state index contributed by atoms with van der Waals surface area (Å²) in [4.78, 5) is 47.2. The van der Waals surface area contributed by atoms with Crippen molar-refractivity contribution in [2.24, 2.45) is 0 Å². The molecule has 0 aliphatic carbocycles. The number of carbonyl (C=O) groups is 4. The van der Waals surface area contributed by atoms with E-state index in [2.05, 4.69) is 21.3 Å². The maximum Gasteiger partial charge on any atom is 0.326 e. The Morgan fingerprint density at radius 2 is 1.88 bits per heavy atom. The largest absolute Gasteiger partial charge is 0.480 e. The van der Waals surface area contributed by atoms with E-state index in [1.807, 2.05) is 11.8 Å². The van der Waals surface area contributed by atoms with Crippen molar-refractivity contribution in [1.82, 2.24) is 21.3 Å². The van der Waals surface area contributed by atoms with Crippen molar-refractivity contribution in [2.45, 2.75) is 68.3 Å². The standard InChI is InChI=1S/C23H33N5O5S/c24-15-10-8-14(9-11-15)21(30)26-16(22(31)32)5-3-4-12-25-19(29)7-2-1-6-18-20-17(13-34-18)27-23(33)28-20/h8-11,16-18,20H,1-7,12-13,24H2,(H,25,29)(H,26,30)(H,31,32)(H2,27,28,33)/t16-,17?,18?,20?/m0/s1. The van der Waals surface area contributed by atoms with Gasteiger partial charge in [-0.3, -0.25) is 9.59 Å². The van der Waals surface area contributed by atoms with Gasteiger partial charge in [-0.25, -0.2) is 9.59 Å². The van der Waals surface area contributed by atoms with Gasteiger partial charge in [0.2, 0.25) is 5.91 Å². The van der Waals surface area contributed by atoms with Crippen molar-refractivity contribution in [3.63, 3.8) is 0 Å². The van der Waals surface area contributed by atoms with Crippen LogP contribution in [0, 0.1) is 0 Å². The molecule has 2 fully saturated rings. The molecule has 186 valence electrons. The van der Waals surface area contributed by atoms with Crippen molar-refractivity contribution in [2.75, 3.05) is 18.0 Å². The van der Waals surface area contributed by atoms with E-state index >= 15 is 0 Å². The minimum absolute atomic E-state index is 0.0146. The molecule has 11 heteroatoms. The third-order valence-corrected chi connectivity index (χ3v) is 7.61. The van der Waals surface area contributed by atoms with Crippen molar-refractivity contribution in [3.05, 3.63) is 29.8 Å². The van der Waals surface area contributed by atoms with E-state index in [9.17, 15) is 24.3 Å². The lowest BCUT2D eigenvalue weighted by Crippen LogP contribution is -2.40. The number of rotatable bonds is 13. The molecular formula is C23H33N5O5S. The summed E-state index contributed by atoms with van der Waals surface area (Å²) in [5.74, 6) is -0.631. The summed E-state index contributed by atoms with van der Waals surface area (Å²) >= 11 is 1.87. The molecule has 0 radical (unpaired) electrons. The zero-order valence-electron chi connectivity index (χ0n) is 19.0. The number of hydrogen-bond acceptors (Lipinski definition) is 6. The molecule has 2 heterocycles. The molecule has 34 heavy (non-hydrogen) atoms. The SMILES string of the molecule is Nc1ccc(C(=O)N[C@@H](CCCCNC(=O)CCCCC2SCC3NC(=O)NC32)C(=O)O)cc1. The molecule has 2 aliphatic heterocycles. The molecule has 4 amide bonds. The zero-order chi connectivity index (χ0) is 24.5. The zero-order valence-corrected chi connectivity index (χ0v) is 19.9. The predicted molar refractivity (Wildman–Crippen MR) is 131 cm³/mol. The van der Waals surface area contributed by atoms with Crippen molar-refractivity contribution >= 4 is 41.3 Å². The first-order valence-corrected chi connectivity index (χ1v) is 12.7. The van der Waals surface area contributed by atoms with Gasteiger partial charge in [0.1, 0.15) is 6.04 Å². The highest BCUT2D eigenvalue weighted by Gasteiger charge is 2.42. The molecule has 2 saturated heterocycles. The summed E-state index contributed by atoms with van der Waals surface area (Å²) in [5.41, 5.74) is 6.48. The lowest BCUT2D eigenvalue weighted by Gasteiger charge is -2.16. The molecule has 0 bridgehead atoms. The number of urea groups is 1. The summed E-state index contributed by atoms with van der Waals surface area (Å²) in [6.07, 6.45) is 4.60. The number of carbonyl (C=O) groups excluding carboxylic acids is 3. The fourth-order valence-corrected chi connectivity index (χ4v) is 5.74. The summed E-state index contributed by atoms with van der Waals surface area (Å²) in [6, 6.07) is 5.60. The number of nitrogens with one attached hydrogen (secondary N) is 4. The van der Waals surface area contributed by atoms with Crippen LogP contribution in [-0.4, -0.2) is 64.6 Å². The highest BCUT2D eigenvalue weighted by molar-refractivity contribution is 8.00. The van der Waals surface area contributed by atoms with E-state index in [1.54, 1.807) is 24.3 Å². The fraction of sp³-hybridized carbons (Fsp3) is 0.565. The Labute approximate surface area is 203 Å². The highest BCUT2D eigenvalue weighted by Crippen LogP contribution is 2.33. The van der Waals surface area contributed by atoms with E-state index < -0.39 is 17.9 Å². The number of carboxylic acids is 1. The second-order valence-electron chi connectivity index (χ2n) is 8.70. The van der Waals surface area contributed by atoms with Gasteiger partial charge in [-0.05, 0) is 56.4 Å². The van der Waals surface area contributed by atoms with Gasteiger partial charge >= 0.3 is 12.0 Å². The number of amides is 4. The van der Waals surface area contributed by atoms with Gasteiger partial charge in [0.05, 0.1) is 12.1 Å². The molecule has 0 spiro atoms. The van der Waals surface area contributed by atoms with Gasteiger partial charge in [-0.2, -0.15) is 11.8 Å². The average Bonchev–Trinajstić information content (AvgIpc) is 3.35. The van der Waals surface area contributed by atoms with Gasteiger partial charge in [0.15, 0.2) is 0 Å². The Morgan fingerprint density at radius 1 is 1.12 bits per heavy atom. The average molecular weight is 492 g/mol. The summed E-state index contributed by atoms with van der Waals surface area (Å²) in [6.45, 7) is 0.469. The second-order valence-corrected chi connectivity index (χ2v) is 9.97. The normalized spacial score (nSPS) is 21.8. The molecule has 7 N–H and O–H groups in total. The monoisotopic (exact) mass is 491 g/mol. The van der Waals surface area contributed by atoms with Gasteiger partial charge in [-0.1, -0.05) is 6.42 Å². The minimum Gasteiger partial charge on any atom is -0.480 e. The van der Waals surface area contributed by atoms with Crippen LogP contribution < -0.4 is 27.0 Å². The summed E-state index contributed by atoms with van der Waals surface area (Å²) in [5, 5.41) is 21.1. The smallest absolute Gasteiger partial charge is 0.326 e. The molecule has 3 rings (SSSR count). The molecule has 1 aromatic rings. The van der Waals surface area contributed by atoms with Crippen LogP contribution >= 0.6 is 11.8 Å². The fourth-order valence-electron chi connectivity index (χ4n) is 4.20. The molecule has 0 saturated carbocycles. The maximum atomic E-state index is 12.2. The van der Waals surface area contributed by atoms with Crippen molar-refractivity contribution < 1.29 is 24.3 Å². The number of unbranched alkanes of at least 4 members (excludes halogenated alkanes) is 2. The van der Waals surface area contributed by atoms with Crippen molar-refractivity contribution in [3.8, 4) is 0 Å². The minimum atomic E-state index is -1.09. The van der Waals surface area contributed by atoms with Crippen LogP contribution in [0.4, 0.5) is 10.5 Å². The summed E-state index contributed by atoms with van der Waals surface area (Å²) in [7, 11) is 0. The van der Waals surface area contributed by atoms with Crippen LogP contribution in [0.15, 0.2) is 24.3 Å². The first-order chi connectivity index (χ1) is 16.3. The van der Waals surface area contributed by atoms with Crippen molar-refractivity contribution in [1.29, 1.82) is 0 Å². The van der Waals surface area contributed by atoms with Crippen LogP contribution in [0.25, 0.3) is 0 Å². The second kappa shape index (κ2) is 12.5. The number of nitrogens with two attached hydrogens (primary N) is 1. The van der Waals surface area contributed by atoms with E-state index in [-0.39, 0.29) is 30.4 Å². The first kappa shape index (κ1) is 25.7. The van der Waals surface area contributed by atoms with E-state index in [1.165, 1.54) is 0 Å². The molecule has 1 aromatic carbocycles. The Kier molecular flexibility index (Phi) is 9.43. The van der Waals surface area contributed by atoms with Gasteiger partial charge in [0.25, 0.3) is 5.91 Å². The predicted octanol–water partition coefficient (Wildman–Crippen LogP) is 1.46. The van der Waals surface area contributed by atoms with Crippen LogP contribution in [0.1, 0.15) is 55.3 Å². The highest BCUT2D eigenvalue weighted by atomic mass is 32.2. The Hall–Kier alpha value is -2.95. The maximum absolute atomic E-state index is 12.2. The van der Waals surface area contributed by atoms with E-state index in [4.69, 9.17) is 5.73 Å². The Bertz CT molecular complexity index is 881. The molecule has 3 unspecified atom stereocenters. The van der Waals surface area contributed by atoms with E-state index in [0.717, 1.165) is 25.0 Å². The van der Waals surface area contributed by atoms with E-state index in [0.29, 0.717) is 42.3 Å². The molecule has 0 aromatic heterocycles. The van der Waals surface area contributed by atoms with Crippen LogP contribution in [-0.2, 0) is 9.59 Å². The molecule has 4 atom stereocenters. The molecular weight excluding hydrogens is 458 g/mol. The van der Waals surface area contributed by atoms with Gasteiger partial charge < -0.3 is 32.1 Å². The lowest BCUT2D eigenvalue weighted by atomic mass is 10.0. The number of nitrogen functional groups attached to an aromatic ring is 1. The number of benzene rings is 1. The molecule has 10 nitrogen and oxygen atoms in total. The number of carboxylic acid groups (broad SMARTS) is 1. The topological polar surface area (TPSA) is 163 Å². The number of hydrogen-bond donors (Lipinski definition) is 6. The number of aliphatic carboxylic acids is 1. The molecule has 2 aliphatic rings. The van der Waals surface area contributed by atoms with Crippen LogP contribution in [0.3, 0.4) is 0 Å². The Morgan fingerprint density at radius 3 is 2.62 bits per heavy atom. The van der Waals surface area contributed by atoms with Gasteiger partial charge in [0, 0.05) is 35.2 Å². The number of fused-ring (bicyclic) bond motifs is 1. The quantitative estimate of drug-likeness (QED) is 0.138. The van der Waals surface area contributed by atoms with Gasteiger partial charge in [-0.15, -0.1) is 0 Å². The third-order valence-electron chi connectivity index (χ3n) is 6.10. The third kappa shape index (κ3) is 7.54. The van der Waals surface area contributed by atoms with Crippen LogP contribution in [0.2, 0.25) is 0 Å². The number of thioether (sulfide) groups is 1. The Balaban J connectivity index is 1.24.